The van der Waals surface area contributed by atoms with E-state index in [9.17, 15) is 4.79 Å². The first-order chi connectivity index (χ1) is 5.22. The lowest BCUT2D eigenvalue weighted by atomic mass is 9.93. The van der Waals surface area contributed by atoms with Gasteiger partial charge in [0.15, 0.2) is 0 Å². The van der Waals surface area contributed by atoms with Crippen molar-refractivity contribution in [1.29, 1.82) is 0 Å². The second kappa shape index (κ2) is 3.11. The highest BCUT2D eigenvalue weighted by atomic mass is 16.7. The summed E-state index contributed by atoms with van der Waals surface area (Å²) in [4.78, 5) is 10.8. The van der Waals surface area contributed by atoms with Gasteiger partial charge in [0.2, 0.25) is 0 Å². The molecule has 0 aliphatic carbocycles. The molecule has 0 aromatic rings. The van der Waals surface area contributed by atoms with Gasteiger partial charge in [-0.2, -0.15) is 0 Å². The van der Waals surface area contributed by atoms with Gasteiger partial charge in [-0.3, -0.25) is 0 Å². The van der Waals surface area contributed by atoms with Gasteiger partial charge in [-0.25, -0.2) is 4.79 Å². The molecular weight excluding hydrogens is 144 g/mol. The average Bonchev–Trinajstić information content (AvgIpc) is 2.04. The van der Waals surface area contributed by atoms with Crippen molar-refractivity contribution >= 4 is 6.16 Å². The number of ether oxygens (including phenoxy) is 2. The number of cyclic esters (lactones) is 2. The molecule has 64 valence electrons. The van der Waals surface area contributed by atoms with Crippen molar-refractivity contribution in [3.8, 4) is 0 Å². The van der Waals surface area contributed by atoms with Crippen LogP contribution in [0.15, 0.2) is 0 Å². The maximum Gasteiger partial charge on any atom is 0.508 e. The van der Waals surface area contributed by atoms with Gasteiger partial charge >= 0.3 is 6.16 Å². The molecule has 0 N–H and O–H groups in total. The third kappa shape index (κ3) is 1.64. The van der Waals surface area contributed by atoms with Crippen LogP contribution < -0.4 is 0 Å². The molecular formula is C8H14O3. The molecule has 0 radical (unpaired) electrons. The molecule has 0 saturated carbocycles. The van der Waals surface area contributed by atoms with E-state index in [2.05, 4.69) is 4.74 Å². The number of hydrogen-bond acceptors (Lipinski definition) is 3. The van der Waals surface area contributed by atoms with Gasteiger partial charge in [0, 0.05) is 6.42 Å². The molecule has 0 bridgehead atoms. The molecule has 3 heteroatoms. The minimum Gasteiger partial charge on any atom is -0.434 e. The minimum absolute atomic E-state index is 0.241. The summed E-state index contributed by atoms with van der Waals surface area (Å²) in [5.41, 5.74) is -0.241. The summed E-state index contributed by atoms with van der Waals surface area (Å²) in [5.74, 6) is 0. The monoisotopic (exact) mass is 158 g/mol. The first-order valence-electron chi connectivity index (χ1n) is 4.08. The van der Waals surface area contributed by atoms with E-state index >= 15 is 0 Å². The van der Waals surface area contributed by atoms with Crippen molar-refractivity contribution in [2.45, 2.75) is 38.7 Å². The van der Waals surface area contributed by atoms with Crippen LogP contribution in [0.4, 0.5) is 4.79 Å². The van der Waals surface area contributed by atoms with E-state index in [4.69, 9.17) is 4.74 Å². The summed E-state index contributed by atoms with van der Waals surface area (Å²) in [6.07, 6.45) is 2.06. The van der Waals surface area contributed by atoms with Crippen LogP contribution in [0.5, 0.6) is 0 Å². The quantitative estimate of drug-likeness (QED) is 0.577. The van der Waals surface area contributed by atoms with Gasteiger partial charge in [-0.05, 0) is 12.8 Å². The lowest BCUT2D eigenvalue weighted by molar-refractivity contribution is -0.0884. The Labute approximate surface area is 66.7 Å². The zero-order valence-corrected chi connectivity index (χ0v) is 7.05. The normalized spacial score (nSPS) is 22.2. The lowest BCUT2D eigenvalue weighted by Crippen LogP contribution is -2.39. The van der Waals surface area contributed by atoms with E-state index in [1.54, 1.807) is 0 Å². The Hall–Kier alpha value is -0.730. The molecule has 0 atom stereocenters. The molecule has 1 heterocycles. The third-order valence-corrected chi connectivity index (χ3v) is 2.37. The van der Waals surface area contributed by atoms with Crippen LogP contribution in [0.3, 0.4) is 0 Å². The summed E-state index contributed by atoms with van der Waals surface area (Å²) < 4.78 is 9.79. The highest BCUT2D eigenvalue weighted by Gasteiger charge is 2.34. The molecule has 1 aliphatic heterocycles. The molecule has 0 amide bonds. The Morgan fingerprint density at radius 2 is 2.09 bits per heavy atom. The van der Waals surface area contributed by atoms with Gasteiger partial charge in [0.1, 0.15) is 5.60 Å². The summed E-state index contributed by atoms with van der Waals surface area (Å²) >= 11 is 0. The Bertz CT molecular complexity index is 149. The summed E-state index contributed by atoms with van der Waals surface area (Å²) in [5, 5.41) is 0. The first-order valence-corrected chi connectivity index (χ1v) is 4.08. The van der Waals surface area contributed by atoms with Crippen molar-refractivity contribution in [1.82, 2.24) is 0 Å². The molecule has 0 aromatic carbocycles. The molecule has 0 spiro atoms. The van der Waals surface area contributed by atoms with Crippen LogP contribution in [0.1, 0.15) is 33.1 Å². The van der Waals surface area contributed by atoms with Gasteiger partial charge < -0.3 is 9.47 Å². The predicted molar refractivity (Wildman–Crippen MR) is 40.4 cm³/mol. The zero-order chi connectivity index (χ0) is 8.32. The molecule has 0 unspecified atom stereocenters. The van der Waals surface area contributed by atoms with Crippen LogP contribution >= 0.6 is 0 Å². The van der Waals surface area contributed by atoms with Crippen molar-refractivity contribution in [3.63, 3.8) is 0 Å². The summed E-state index contributed by atoms with van der Waals surface area (Å²) in [7, 11) is 0. The van der Waals surface area contributed by atoms with Crippen LogP contribution in [-0.4, -0.2) is 18.4 Å². The fraction of sp³-hybridized carbons (Fsp3) is 0.875. The molecule has 1 fully saturated rings. The minimum atomic E-state index is -0.514. The zero-order valence-electron chi connectivity index (χ0n) is 7.05. The molecule has 3 nitrogen and oxygen atoms in total. The fourth-order valence-corrected chi connectivity index (χ4v) is 1.33. The van der Waals surface area contributed by atoms with Crippen molar-refractivity contribution in [2.24, 2.45) is 0 Å². The maximum absolute atomic E-state index is 10.8. The smallest absolute Gasteiger partial charge is 0.434 e. The van der Waals surface area contributed by atoms with E-state index in [0.717, 1.165) is 19.3 Å². The van der Waals surface area contributed by atoms with Crippen LogP contribution in [0, 0.1) is 0 Å². The van der Waals surface area contributed by atoms with Crippen LogP contribution in [0.2, 0.25) is 0 Å². The molecule has 1 rings (SSSR count). The predicted octanol–water partition coefficient (Wildman–Crippen LogP) is 2.10. The number of rotatable bonds is 2. The lowest BCUT2D eigenvalue weighted by Gasteiger charge is -2.34. The Morgan fingerprint density at radius 1 is 1.45 bits per heavy atom. The van der Waals surface area contributed by atoms with Crippen molar-refractivity contribution in [2.75, 3.05) is 6.61 Å². The molecule has 1 aliphatic rings. The van der Waals surface area contributed by atoms with Crippen LogP contribution in [0.25, 0.3) is 0 Å². The average molecular weight is 158 g/mol. The topological polar surface area (TPSA) is 35.5 Å². The fourth-order valence-electron chi connectivity index (χ4n) is 1.33. The molecule has 11 heavy (non-hydrogen) atoms. The van der Waals surface area contributed by atoms with Crippen molar-refractivity contribution in [3.05, 3.63) is 0 Å². The largest absolute Gasteiger partial charge is 0.508 e. The highest BCUT2D eigenvalue weighted by Crippen LogP contribution is 2.28. The first kappa shape index (κ1) is 8.37. The van der Waals surface area contributed by atoms with Gasteiger partial charge in [0.25, 0.3) is 0 Å². The van der Waals surface area contributed by atoms with Crippen LogP contribution in [-0.2, 0) is 9.47 Å². The van der Waals surface area contributed by atoms with Gasteiger partial charge in [-0.15, -0.1) is 0 Å². The number of carbonyl (C=O) groups excluding carboxylic acids is 1. The second-order valence-corrected chi connectivity index (χ2v) is 2.84. The molecule has 1 saturated heterocycles. The number of carbonyl (C=O) groups is 1. The summed E-state index contributed by atoms with van der Waals surface area (Å²) in [6, 6.07) is 0. The Kier molecular flexibility index (Phi) is 2.37. The van der Waals surface area contributed by atoms with E-state index in [1.807, 2.05) is 13.8 Å². The Balaban J connectivity index is 2.59. The Morgan fingerprint density at radius 3 is 2.45 bits per heavy atom. The van der Waals surface area contributed by atoms with E-state index in [-0.39, 0.29) is 5.60 Å². The highest BCUT2D eigenvalue weighted by molar-refractivity contribution is 5.61. The van der Waals surface area contributed by atoms with E-state index in [1.165, 1.54) is 0 Å². The number of hydrogen-bond donors (Lipinski definition) is 0. The maximum atomic E-state index is 10.8. The van der Waals surface area contributed by atoms with Crippen molar-refractivity contribution < 1.29 is 14.3 Å². The van der Waals surface area contributed by atoms with Gasteiger partial charge in [-0.1, -0.05) is 13.8 Å². The summed E-state index contributed by atoms with van der Waals surface area (Å²) in [6.45, 7) is 4.56. The molecule has 0 aromatic heterocycles. The van der Waals surface area contributed by atoms with Gasteiger partial charge in [0.05, 0.1) is 6.61 Å². The second-order valence-electron chi connectivity index (χ2n) is 2.84. The third-order valence-electron chi connectivity index (χ3n) is 2.37. The SMILES string of the molecule is CCC1(CC)CCOC(=O)O1. The standard InChI is InChI=1S/C8H14O3/c1-3-8(4-2)5-6-10-7(9)11-8/h3-6H2,1-2H3. The van der Waals surface area contributed by atoms with E-state index < -0.39 is 6.16 Å². The van der Waals surface area contributed by atoms with E-state index in [0.29, 0.717) is 6.61 Å².